The van der Waals surface area contributed by atoms with E-state index >= 15 is 0 Å². The summed E-state index contributed by atoms with van der Waals surface area (Å²) in [4.78, 5) is 0. The molecule has 0 radical (unpaired) electrons. The van der Waals surface area contributed by atoms with Crippen molar-refractivity contribution >= 4 is 22.4 Å². The quantitative estimate of drug-likeness (QED) is 0.839. The lowest BCUT2D eigenvalue weighted by atomic mass is 9.83. The van der Waals surface area contributed by atoms with E-state index in [2.05, 4.69) is 10.2 Å². The second-order valence-electron chi connectivity index (χ2n) is 4.78. The van der Waals surface area contributed by atoms with Gasteiger partial charge in [0, 0.05) is 10.8 Å². The molecule has 94 valence electrons. The van der Waals surface area contributed by atoms with Crippen molar-refractivity contribution < 1.29 is 4.74 Å². The van der Waals surface area contributed by atoms with Crippen LogP contribution < -0.4 is 4.74 Å². The van der Waals surface area contributed by atoms with Crippen molar-refractivity contribution in [3.63, 3.8) is 0 Å². The van der Waals surface area contributed by atoms with Gasteiger partial charge in [-0.3, -0.25) is 0 Å². The third-order valence-electron chi connectivity index (χ3n) is 3.60. The number of halogens is 1. The summed E-state index contributed by atoms with van der Waals surface area (Å²) in [5.74, 6) is 1.44. The molecule has 3 rings (SSSR count). The number of nitrogens with zero attached hydrogens (tertiary/aromatic N) is 2. The Morgan fingerprint density at radius 1 is 1.17 bits per heavy atom. The van der Waals surface area contributed by atoms with Crippen molar-refractivity contribution in [2.45, 2.75) is 25.7 Å². The average molecular weight is 263 g/mol. The van der Waals surface area contributed by atoms with E-state index in [1.807, 2.05) is 24.3 Å². The molecule has 1 aliphatic carbocycles. The molecular formula is C14H15ClN2O. The molecule has 1 aromatic carbocycles. The largest absolute Gasteiger partial charge is 0.476 e. The van der Waals surface area contributed by atoms with Gasteiger partial charge in [0.25, 0.3) is 0 Å². The van der Waals surface area contributed by atoms with E-state index in [1.165, 1.54) is 19.3 Å². The lowest BCUT2D eigenvalue weighted by molar-refractivity contribution is 0.218. The first kappa shape index (κ1) is 11.7. The highest BCUT2D eigenvalue weighted by molar-refractivity contribution is 6.34. The van der Waals surface area contributed by atoms with Crippen molar-refractivity contribution in [3.05, 3.63) is 29.4 Å². The normalized spacial score (nSPS) is 15.6. The summed E-state index contributed by atoms with van der Waals surface area (Å²) in [5.41, 5.74) is 0. The van der Waals surface area contributed by atoms with Gasteiger partial charge in [-0.1, -0.05) is 49.1 Å². The summed E-state index contributed by atoms with van der Waals surface area (Å²) in [6.07, 6.45) is 5.17. The first-order valence-corrected chi connectivity index (χ1v) is 6.76. The van der Waals surface area contributed by atoms with Gasteiger partial charge in [-0.05, 0) is 18.4 Å². The molecule has 0 unspecified atom stereocenters. The molecule has 18 heavy (non-hydrogen) atoms. The van der Waals surface area contributed by atoms with Crippen LogP contribution in [0, 0.1) is 5.92 Å². The molecule has 0 aliphatic heterocycles. The van der Waals surface area contributed by atoms with E-state index in [9.17, 15) is 0 Å². The number of aromatic nitrogens is 2. The Bertz CT molecular complexity index is 554. The van der Waals surface area contributed by atoms with E-state index in [0.29, 0.717) is 17.6 Å². The first-order chi connectivity index (χ1) is 8.84. The molecule has 0 bridgehead atoms. The number of benzene rings is 1. The maximum absolute atomic E-state index is 6.02. The fourth-order valence-corrected chi connectivity index (χ4v) is 2.46. The Hall–Kier alpha value is -1.35. The van der Waals surface area contributed by atoms with Crippen LogP contribution in [0.4, 0.5) is 0 Å². The molecule has 1 saturated carbocycles. The maximum Gasteiger partial charge on any atom is 0.241 e. The van der Waals surface area contributed by atoms with Crippen LogP contribution in [-0.4, -0.2) is 16.8 Å². The molecule has 0 saturated heterocycles. The van der Waals surface area contributed by atoms with Gasteiger partial charge in [-0.2, -0.15) is 0 Å². The summed E-state index contributed by atoms with van der Waals surface area (Å²) < 4.78 is 5.75. The average Bonchev–Trinajstić information content (AvgIpc) is 2.35. The monoisotopic (exact) mass is 262 g/mol. The van der Waals surface area contributed by atoms with Crippen LogP contribution in [0.5, 0.6) is 5.88 Å². The highest BCUT2D eigenvalue weighted by Gasteiger charge is 2.17. The molecule has 1 aromatic heterocycles. The molecule has 0 atom stereocenters. The van der Waals surface area contributed by atoms with E-state index in [0.717, 1.165) is 23.1 Å². The smallest absolute Gasteiger partial charge is 0.241 e. The highest BCUT2D eigenvalue weighted by Crippen LogP contribution is 2.30. The van der Waals surface area contributed by atoms with E-state index < -0.39 is 0 Å². The zero-order chi connectivity index (χ0) is 12.4. The zero-order valence-corrected chi connectivity index (χ0v) is 10.9. The van der Waals surface area contributed by atoms with E-state index in [4.69, 9.17) is 16.3 Å². The summed E-state index contributed by atoms with van der Waals surface area (Å²) in [5, 5.41) is 10.2. The topological polar surface area (TPSA) is 35.0 Å². The van der Waals surface area contributed by atoms with Crippen molar-refractivity contribution in [2.24, 2.45) is 5.92 Å². The Morgan fingerprint density at radius 3 is 2.67 bits per heavy atom. The van der Waals surface area contributed by atoms with Crippen LogP contribution in [0.1, 0.15) is 25.7 Å². The van der Waals surface area contributed by atoms with Crippen molar-refractivity contribution in [3.8, 4) is 5.88 Å². The molecule has 4 heteroatoms. The van der Waals surface area contributed by atoms with Crippen molar-refractivity contribution in [1.29, 1.82) is 0 Å². The summed E-state index contributed by atoms with van der Waals surface area (Å²) in [6.45, 7) is 0.713. The van der Waals surface area contributed by atoms with Crippen LogP contribution in [0.15, 0.2) is 24.3 Å². The van der Waals surface area contributed by atoms with Gasteiger partial charge in [0.15, 0.2) is 5.15 Å². The third-order valence-corrected chi connectivity index (χ3v) is 3.88. The highest BCUT2D eigenvalue weighted by atomic mass is 35.5. The van der Waals surface area contributed by atoms with Crippen LogP contribution >= 0.6 is 11.6 Å². The predicted octanol–water partition coefficient (Wildman–Crippen LogP) is 3.85. The van der Waals surface area contributed by atoms with Crippen LogP contribution in [0.2, 0.25) is 5.15 Å². The molecule has 1 aliphatic rings. The molecule has 0 N–H and O–H groups in total. The predicted molar refractivity (Wildman–Crippen MR) is 72.0 cm³/mol. The number of ether oxygens (including phenoxy) is 1. The van der Waals surface area contributed by atoms with Crippen molar-refractivity contribution in [2.75, 3.05) is 6.61 Å². The standard InChI is InChI=1S/C14H15ClN2O/c15-13-11-6-1-2-7-12(11)14(17-16-13)18-9-8-10-4-3-5-10/h1-2,6-7,10H,3-5,8-9H2. The fraction of sp³-hybridized carbons (Fsp3) is 0.429. The first-order valence-electron chi connectivity index (χ1n) is 6.38. The second-order valence-corrected chi connectivity index (χ2v) is 5.13. The minimum Gasteiger partial charge on any atom is -0.476 e. The molecule has 1 heterocycles. The summed E-state index contributed by atoms with van der Waals surface area (Å²) in [7, 11) is 0. The molecule has 3 nitrogen and oxygen atoms in total. The van der Waals surface area contributed by atoms with Crippen LogP contribution in [0.3, 0.4) is 0 Å². The van der Waals surface area contributed by atoms with Gasteiger partial charge in [0.05, 0.1) is 6.61 Å². The maximum atomic E-state index is 6.02. The number of hydrogen-bond acceptors (Lipinski definition) is 3. The Kier molecular flexibility index (Phi) is 3.33. The second kappa shape index (κ2) is 5.11. The molecule has 0 amide bonds. The summed E-state index contributed by atoms with van der Waals surface area (Å²) in [6, 6.07) is 7.80. The van der Waals surface area contributed by atoms with Crippen molar-refractivity contribution in [1.82, 2.24) is 10.2 Å². The van der Waals surface area contributed by atoms with Gasteiger partial charge < -0.3 is 4.74 Å². The Balaban J connectivity index is 1.76. The third kappa shape index (κ3) is 2.27. The number of rotatable bonds is 4. The molecule has 2 aromatic rings. The summed E-state index contributed by atoms with van der Waals surface area (Å²) >= 11 is 6.02. The van der Waals surface area contributed by atoms with Crippen LogP contribution in [-0.2, 0) is 0 Å². The Morgan fingerprint density at radius 2 is 1.94 bits per heavy atom. The lowest BCUT2D eigenvalue weighted by Crippen LogP contribution is -2.14. The number of hydrogen-bond donors (Lipinski definition) is 0. The molecule has 1 fully saturated rings. The SMILES string of the molecule is Clc1nnc(OCCC2CCC2)c2ccccc12. The van der Waals surface area contributed by atoms with Gasteiger partial charge in [0.2, 0.25) is 5.88 Å². The van der Waals surface area contributed by atoms with Crippen LogP contribution in [0.25, 0.3) is 10.8 Å². The van der Waals surface area contributed by atoms with E-state index in [-0.39, 0.29) is 0 Å². The van der Waals surface area contributed by atoms with E-state index in [1.54, 1.807) is 0 Å². The van der Waals surface area contributed by atoms with Gasteiger partial charge in [-0.25, -0.2) is 0 Å². The zero-order valence-electron chi connectivity index (χ0n) is 10.1. The van der Waals surface area contributed by atoms with Gasteiger partial charge >= 0.3 is 0 Å². The fourth-order valence-electron chi connectivity index (χ4n) is 2.26. The minimum absolute atomic E-state index is 0.428. The lowest BCUT2D eigenvalue weighted by Gasteiger charge is -2.24. The molecule has 0 spiro atoms. The number of fused-ring (bicyclic) bond motifs is 1. The van der Waals surface area contributed by atoms with Gasteiger partial charge in [0.1, 0.15) is 0 Å². The molecular weight excluding hydrogens is 248 g/mol. The van der Waals surface area contributed by atoms with Gasteiger partial charge in [-0.15, -0.1) is 10.2 Å². The Labute approximate surface area is 111 Å². The minimum atomic E-state index is 0.428.